The van der Waals surface area contributed by atoms with Gasteiger partial charge in [0.2, 0.25) is 5.91 Å². The second-order valence-corrected chi connectivity index (χ2v) is 22.0. The fraction of sp³-hybridized carbons (Fsp3) is 0.765. The first-order valence-electron chi connectivity index (χ1n) is 24.1. The summed E-state index contributed by atoms with van der Waals surface area (Å²) in [6, 6.07) is 5.63. The quantitative estimate of drug-likeness (QED) is 0.0857. The molecule has 1 aromatic rings. The number of amides is 1. The van der Waals surface area contributed by atoms with Crippen LogP contribution in [0.15, 0.2) is 42.0 Å². The van der Waals surface area contributed by atoms with Gasteiger partial charge in [-0.15, -0.1) is 0 Å². The topological polar surface area (TPSA) is 151 Å². The number of ether oxygens (including phenoxy) is 1. The zero-order valence-electron chi connectivity index (χ0n) is 37.0. The number of anilines is 1. The van der Waals surface area contributed by atoms with Crippen molar-refractivity contribution in [2.45, 2.75) is 179 Å². The Morgan fingerprint density at radius 1 is 0.950 bits per heavy atom. The maximum Gasteiger partial charge on any atom is 0.233 e. The molecule has 6 fully saturated rings. The van der Waals surface area contributed by atoms with Crippen LogP contribution in [0, 0.1) is 57.7 Å². The highest BCUT2D eigenvalue weighted by atomic mass is 16.6. The summed E-state index contributed by atoms with van der Waals surface area (Å²) in [4.78, 5) is 30.8. The number of hydrogen-bond acceptors (Lipinski definition) is 8. The van der Waals surface area contributed by atoms with Gasteiger partial charge in [-0.3, -0.25) is 9.59 Å². The predicted octanol–water partition coefficient (Wildman–Crippen LogP) is 7.98. The zero-order valence-corrected chi connectivity index (χ0v) is 37.0. The number of unbranched alkanes of at least 4 members (excludes halogenated alkanes) is 2. The molecule has 14 atom stereocenters. The Balaban J connectivity index is 1.09. The molecule has 0 bridgehead atoms. The first-order valence-corrected chi connectivity index (χ1v) is 24.1. The van der Waals surface area contributed by atoms with Crippen LogP contribution in [0.25, 0.3) is 0 Å². The average Bonchev–Trinajstić information content (AvgIpc) is 3.92. The second kappa shape index (κ2) is 15.3. The fourth-order valence-electron chi connectivity index (χ4n) is 15.3. The average molecular weight is 828 g/mol. The third kappa shape index (κ3) is 6.30. The van der Waals surface area contributed by atoms with Crippen molar-refractivity contribution in [2.24, 2.45) is 57.7 Å². The number of ketones is 1. The summed E-state index contributed by atoms with van der Waals surface area (Å²) in [5, 5.41) is 60.1. The lowest BCUT2D eigenvalue weighted by atomic mass is 9.42. The Kier molecular flexibility index (Phi) is 10.9. The summed E-state index contributed by atoms with van der Waals surface area (Å²) < 4.78 is 6.47. The van der Waals surface area contributed by atoms with Gasteiger partial charge in [0.05, 0.1) is 29.3 Å². The first kappa shape index (κ1) is 42.7. The molecule has 1 aromatic carbocycles. The van der Waals surface area contributed by atoms with Gasteiger partial charge in [0.1, 0.15) is 17.5 Å². The van der Waals surface area contributed by atoms with Crippen molar-refractivity contribution in [3.8, 4) is 5.75 Å². The van der Waals surface area contributed by atoms with Crippen molar-refractivity contribution in [1.82, 2.24) is 0 Å². The van der Waals surface area contributed by atoms with Crippen LogP contribution < -0.4 is 4.90 Å². The molecule has 1 amide bonds. The maximum atomic E-state index is 14.6. The van der Waals surface area contributed by atoms with Crippen LogP contribution in [0.4, 0.5) is 5.69 Å². The lowest BCUT2D eigenvalue weighted by Crippen LogP contribution is -2.66. The lowest BCUT2D eigenvalue weighted by molar-refractivity contribution is -0.182. The minimum atomic E-state index is -1.42. The number of phenolic OH excluding ortho intramolecular Hbond substituents is 1. The normalized spacial score (nSPS) is 43.4. The number of epoxide rings is 1. The molecule has 2 aliphatic heterocycles. The van der Waals surface area contributed by atoms with Crippen molar-refractivity contribution in [2.75, 3.05) is 11.4 Å². The highest BCUT2D eigenvalue weighted by Gasteiger charge is 2.76. The number of aliphatic hydroxyl groups excluding tert-OH is 2. The minimum absolute atomic E-state index is 0.0859. The van der Waals surface area contributed by atoms with E-state index in [9.17, 15) is 35.1 Å². The summed E-state index contributed by atoms with van der Waals surface area (Å²) in [5.41, 5.74) is -2.12. The van der Waals surface area contributed by atoms with Gasteiger partial charge in [0.25, 0.3) is 0 Å². The largest absolute Gasteiger partial charge is 0.508 e. The number of aliphatic hydroxyl groups is 4. The summed E-state index contributed by atoms with van der Waals surface area (Å²) in [5.74, 6) is 0.0474. The highest BCUT2D eigenvalue weighted by molar-refractivity contribution is 6.00. The number of aryl methyl sites for hydroxylation is 1. The third-order valence-electron chi connectivity index (χ3n) is 18.9. The molecular formula is C51H73NO8. The molecule has 2 heterocycles. The molecule has 4 saturated carbocycles. The van der Waals surface area contributed by atoms with E-state index in [1.54, 1.807) is 18.2 Å². The standard InChI is InChI=1S/C51H73NO8/c1-6-7-9-13-34-29-52(46(57)48(34)17-10-8-11-18-48)35-22-32(23-36(53)25-35)15-20-49-33-14-12-19-50(58,45-44(60-45)31(4)30(2)3)43(49)16-21-51(49,59)38-26-40(54)39-27-41(55)42(56)28-47(39,5)37(38)24-33/h12,14,22-23,25-26,30-31,33-34,37,39,41-45,53,55-56,58-59H,6-11,13,15-21,24,27-29H2,1-5H3/t31-,33-,34-,37+,39-,41-,42+,43-,44+,45+,47-,49-,50-,51-/m1/s1. The molecule has 6 aliphatic carbocycles. The van der Waals surface area contributed by atoms with E-state index in [1.807, 2.05) is 4.90 Å². The SMILES string of the molecule is CCCCC[C@@H]1CN(c2cc(O)cc(CC[C@@]34[C@@H]5C=CC[C@](O)([C@H]6O[C@H]6[C@H](C)C(C)C)[C@@H]3CC[C@@]4(O)C3=CC(=O)[C@H]4C[C@@H](O)[C@@H](O)C[C@]4(C)[C@H]3C5)c2)C(=O)C12CCCCC2. The number of carbonyl (C=O) groups is 2. The number of allylic oxidation sites excluding steroid dienone is 2. The van der Waals surface area contributed by atoms with Crippen LogP contribution >= 0.6 is 0 Å². The molecule has 0 radical (unpaired) electrons. The minimum Gasteiger partial charge on any atom is -0.508 e. The van der Waals surface area contributed by atoms with Crippen molar-refractivity contribution in [3.63, 3.8) is 0 Å². The molecule has 0 unspecified atom stereocenters. The number of rotatable bonds is 11. The Morgan fingerprint density at radius 2 is 1.72 bits per heavy atom. The predicted molar refractivity (Wildman–Crippen MR) is 231 cm³/mol. The van der Waals surface area contributed by atoms with Crippen molar-refractivity contribution in [1.29, 1.82) is 0 Å². The molecule has 5 N–H and O–H groups in total. The van der Waals surface area contributed by atoms with Crippen LogP contribution in [-0.4, -0.2) is 79.4 Å². The molecule has 9 nitrogen and oxygen atoms in total. The summed E-state index contributed by atoms with van der Waals surface area (Å²) >= 11 is 0. The molecule has 330 valence electrons. The van der Waals surface area contributed by atoms with E-state index < -0.39 is 40.2 Å². The molecule has 1 spiro atoms. The smallest absolute Gasteiger partial charge is 0.233 e. The molecule has 9 heteroatoms. The van der Waals surface area contributed by atoms with Gasteiger partial charge in [-0.1, -0.05) is 85.3 Å². The zero-order chi connectivity index (χ0) is 42.6. The first-order chi connectivity index (χ1) is 28.5. The Morgan fingerprint density at radius 3 is 2.45 bits per heavy atom. The highest BCUT2D eigenvalue weighted by Crippen LogP contribution is 2.73. The number of phenols is 1. The van der Waals surface area contributed by atoms with Gasteiger partial charge >= 0.3 is 0 Å². The Hall–Kier alpha value is -2.56. The molecule has 8 aliphatic rings. The van der Waals surface area contributed by atoms with Gasteiger partial charge in [-0.05, 0) is 135 Å². The van der Waals surface area contributed by atoms with Gasteiger partial charge in [0, 0.05) is 35.5 Å². The van der Waals surface area contributed by atoms with Gasteiger partial charge in [-0.25, -0.2) is 0 Å². The van der Waals surface area contributed by atoms with E-state index in [1.165, 1.54) is 12.8 Å². The Bertz CT molecular complexity index is 1900. The molecular weight excluding hydrogens is 755 g/mol. The van der Waals surface area contributed by atoms with Gasteiger partial charge in [-0.2, -0.15) is 0 Å². The number of hydrogen-bond donors (Lipinski definition) is 5. The fourth-order valence-corrected chi connectivity index (χ4v) is 15.3. The van der Waals surface area contributed by atoms with Gasteiger partial charge in [0.15, 0.2) is 5.78 Å². The number of benzene rings is 1. The molecule has 0 aromatic heterocycles. The van der Waals surface area contributed by atoms with Crippen molar-refractivity contribution < 1.29 is 39.9 Å². The van der Waals surface area contributed by atoms with E-state index >= 15 is 0 Å². The van der Waals surface area contributed by atoms with E-state index in [4.69, 9.17) is 4.74 Å². The van der Waals surface area contributed by atoms with Crippen LogP contribution in [0.1, 0.15) is 143 Å². The van der Waals surface area contributed by atoms with E-state index in [-0.39, 0.29) is 71.6 Å². The van der Waals surface area contributed by atoms with Gasteiger partial charge < -0.3 is 35.2 Å². The molecule has 60 heavy (non-hydrogen) atoms. The maximum absolute atomic E-state index is 14.6. The number of carbonyl (C=O) groups excluding carboxylic acids is 2. The van der Waals surface area contributed by atoms with E-state index in [0.717, 1.165) is 61.8 Å². The molecule has 9 rings (SSSR count). The summed E-state index contributed by atoms with van der Waals surface area (Å²) in [6.07, 6.45) is 16.9. The van der Waals surface area contributed by atoms with Crippen LogP contribution in [0.5, 0.6) is 5.75 Å². The Labute approximate surface area is 358 Å². The van der Waals surface area contributed by atoms with Crippen LogP contribution in [0.3, 0.4) is 0 Å². The number of aromatic hydroxyl groups is 1. The second-order valence-electron chi connectivity index (χ2n) is 22.0. The van der Waals surface area contributed by atoms with Crippen LogP contribution in [0.2, 0.25) is 0 Å². The van der Waals surface area contributed by atoms with E-state index in [0.29, 0.717) is 56.9 Å². The van der Waals surface area contributed by atoms with E-state index in [2.05, 4.69) is 52.8 Å². The lowest BCUT2D eigenvalue weighted by Gasteiger charge is -2.63. The van der Waals surface area contributed by atoms with Crippen molar-refractivity contribution in [3.05, 3.63) is 47.6 Å². The van der Waals surface area contributed by atoms with Crippen LogP contribution in [-0.2, 0) is 20.7 Å². The third-order valence-corrected chi connectivity index (χ3v) is 18.9. The summed E-state index contributed by atoms with van der Waals surface area (Å²) in [7, 11) is 0. The summed E-state index contributed by atoms with van der Waals surface area (Å²) in [6.45, 7) is 11.5. The van der Waals surface area contributed by atoms with Crippen molar-refractivity contribution >= 4 is 17.4 Å². The monoisotopic (exact) mass is 828 g/mol. The molecule has 2 saturated heterocycles. The number of fused-ring (bicyclic) bond motifs is 4. The number of nitrogens with zero attached hydrogens (tertiary/aromatic N) is 1.